The minimum atomic E-state index is -0.840. The minimum Gasteiger partial charge on any atom is -0.481 e. The monoisotopic (exact) mass is 421 g/mol. The van der Waals surface area contributed by atoms with Crippen molar-refractivity contribution in [3.63, 3.8) is 0 Å². The lowest BCUT2D eigenvalue weighted by molar-refractivity contribution is -0.136. The fourth-order valence-electron chi connectivity index (χ4n) is 2.94. The number of terminal acetylenes is 1. The fourth-order valence-corrected chi connectivity index (χ4v) is 2.94. The van der Waals surface area contributed by atoms with Crippen LogP contribution in [0.15, 0.2) is 47.1 Å². The highest BCUT2D eigenvalue weighted by molar-refractivity contribution is 6.08. The lowest BCUT2D eigenvalue weighted by Gasteiger charge is -2.28. The van der Waals surface area contributed by atoms with Crippen molar-refractivity contribution in [3.05, 3.63) is 47.7 Å². The lowest BCUT2D eigenvalue weighted by atomic mass is 9.95. The van der Waals surface area contributed by atoms with Gasteiger partial charge in [-0.2, -0.15) is 0 Å². The molecule has 2 rings (SSSR count). The number of ether oxygens (including phenoxy) is 2. The predicted octanol–water partition coefficient (Wildman–Crippen LogP) is 3.07. The van der Waals surface area contributed by atoms with Gasteiger partial charge in [0.15, 0.2) is 6.10 Å². The van der Waals surface area contributed by atoms with E-state index in [4.69, 9.17) is 15.9 Å². The number of methoxy groups -OCH3 is 1. The molecule has 0 bridgehead atoms. The summed E-state index contributed by atoms with van der Waals surface area (Å²) in [5, 5.41) is 3.74. The minimum absolute atomic E-state index is 0.328. The van der Waals surface area contributed by atoms with Gasteiger partial charge in [0.1, 0.15) is 5.75 Å². The Morgan fingerprint density at radius 1 is 1.32 bits per heavy atom. The van der Waals surface area contributed by atoms with Crippen LogP contribution in [0.25, 0.3) is 10.9 Å². The van der Waals surface area contributed by atoms with Crippen LogP contribution in [0.2, 0.25) is 0 Å². The van der Waals surface area contributed by atoms with E-state index in [0.29, 0.717) is 22.6 Å². The molecule has 31 heavy (non-hydrogen) atoms. The molecule has 1 heterocycles. The Kier molecular flexibility index (Phi) is 7.54. The molecule has 0 radical (unpaired) electrons. The number of fused-ring (bicyclic) bond motifs is 1. The molecule has 7 heteroatoms. The summed E-state index contributed by atoms with van der Waals surface area (Å²) in [7, 11) is 2.91. The van der Waals surface area contributed by atoms with Crippen molar-refractivity contribution in [2.45, 2.75) is 39.3 Å². The van der Waals surface area contributed by atoms with E-state index in [9.17, 15) is 9.59 Å². The van der Waals surface area contributed by atoms with Crippen molar-refractivity contribution in [1.82, 2.24) is 10.3 Å². The first-order valence-electron chi connectivity index (χ1n) is 9.70. The summed E-state index contributed by atoms with van der Waals surface area (Å²) in [6.07, 6.45) is 7.88. The van der Waals surface area contributed by atoms with Gasteiger partial charge in [0.05, 0.1) is 23.9 Å². The number of hydrogen-bond donors (Lipinski definition) is 1. The van der Waals surface area contributed by atoms with Crippen molar-refractivity contribution < 1.29 is 19.1 Å². The van der Waals surface area contributed by atoms with Crippen LogP contribution in [0.1, 0.15) is 33.3 Å². The maximum atomic E-state index is 12.8. The largest absolute Gasteiger partial charge is 0.481 e. The lowest BCUT2D eigenvalue weighted by Crippen LogP contribution is -2.53. The fraction of sp³-hybridized carbons (Fsp3) is 0.333. The van der Waals surface area contributed by atoms with Crippen LogP contribution in [0, 0.1) is 12.3 Å². The Bertz CT molecular complexity index is 1090. The number of benzene rings is 1. The zero-order valence-electron chi connectivity index (χ0n) is 18.6. The topological polar surface area (TPSA) is 89.9 Å². The average Bonchev–Trinajstić information content (AvgIpc) is 2.75. The van der Waals surface area contributed by atoms with Gasteiger partial charge in [-0.25, -0.2) is 4.79 Å². The number of carbonyl (C=O) groups is 2. The van der Waals surface area contributed by atoms with Gasteiger partial charge in [-0.3, -0.25) is 14.8 Å². The van der Waals surface area contributed by atoms with E-state index in [0.717, 1.165) is 10.9 Å². The Morgan fingerprint density at radius 2 is 2.03 bits per heavy atom. The first kappa shape index (κ1) is 23.6. The second kappa shape index (κ2) is 9.90. The third kappa shape index (κ3) is 5.92. The van der Waals surface area contributed by atoms with Gasteiger partial charge in [-0.15, -0.1) is 6.42 Å². The second-order valence-electron chi connectivity index (χ2n) is 7.52. The summed E-state index contributed by atoms with van der Waals surface area (Å²) in [6.45, 7) is 6.87. The molecule has 0 saturated carbocycles. The number of esters is 1. The van der Waals surface area contributed by atoms with E-state index in [-0.39, 0.29) is 5.91 Å². The molecule has 2 aromatic rings. The van der Waals surface area contributed by atoms with Crippen LogP contribution >= 0.6 is 0 Å². The number of amides is 1. The number of aromatic nitrogens is 1. The Labute approximate surface area is 182 Å². The van der Waals surface area contributed by atoms with Crippen molar-refractivity contribution in [2.75, 3.05) is 14.2 Å². The van der Waals surface area contributed by atoms with Crippen LogP contribution in [-0.4, -0.2) is 48.4 Å². The molecule has 1 aromatic carbocycles. The molecule has 1 N–H and O–H groups in total. The Hall–Kier alpha value is -3.66. The van der Waals surface area contributed by atoms with Crippen LogP contribution in [0.3, 0.4) is 0 Å². The smallest absolute Gasteiger partial charge is 0.333 e. The van der Waals surface area contributed by atoms with E-state index in [2.05, 4.69) is 21.2 Å². The van der Waals surface area contributed by atoms with Gasteiger partial charge >= 0.3 is 5.97 Å². The number of nitrogens with zero attached hydrogens (tertiary/aromatic N) is 2. The number of aliphatic imine (C=N–C) groups is 1. The molecule has 1 unspecified atom stereocenters. The Balaban J connectivity index is 2.14. The molecular weight excluding hydrogens is 394 g/mol. The van der Waals surface area contributed by atoms with E-state index in [1.807, 2.05) is 12.1 Å². The highest BCUT2D eigenvalue weighted by Crippen LogP contribution is 2.21. The molecule has 0 saturated heterocycles. The molecule has 7 nitrogen and oxygen atoms in total. The Morgan fingerprint density at radius 3 is 2.65 bits per heavy atom. The molecule has 1 atom stereocenters. The zero-order valence-corrected chi connectivity index (χ0v) is 18.6. The molecule has 1 amide bonds. The first-order valence-corrected chi connectivity index (χ1v) is 9.70. The number of rotatable bonds is 7. The number of hydrogen-bond acceptors (Lipinski definition) is 6. The number of nitrogens with one attached hydrogen (secondary N) is 1. The first-order chi connectivity index (χ1) is 14.6. The van der Waals surface area contributed by atoms with E-state index in [1.54, 1.807) is 59.1 Å². The summed E-state index contributed by atoms with van der Waals surface area (Å²) in [5.74, 6) is 2.29. The van der Waals surface area contributed by atoms with Crippen molar-refractivity contribution >= 4 is 28.5 Å². The summed E-state index contributed by atoms with van der Waals surface area (Å²) in [6, 6.07) is 7.19. The van der Waals surface area contributed by atoms with Crippen LogP contribution < -0.4 is 10.1 Å². The van der Waals surface area contributed by atoms with Gasteiger partial charge in [0.2, 0.25) is 0 Å². The average molecular weight is 421 g/mol. The summed E-state index contributed by atoms with van der Waals surface area (Å²) in [5.41, 5.74) is 1.51. The summed E-state index contributed by atoms with van der Waals surface area (Å²) >= 11 is 0. The summed E-state index contributed by atoms with van der Waals surface area (Å²) in [4.78, 5) is 33.0. The van der Waals surface area contributed by atoms with Gasteiger partial charge in [0.25, 0.3) is 5.91 Å². The molecular formula is C24H27N3O4. The van der Waals surface area contributed by atoms with Gasteiger partial charge in [-0.1, -0.05) is 5.92 Å². The number of pyridine rings is 1. The maximum Gasteiger partial charge on any atom is 0.333 e. The molecule has 1 aromatic heterocycles. The maximum absolute atomic E-state index is 12.8. The van der Waals surface area contributed by atoms with E-state index >= 15 is 0 Å². The highest BCUT2D eigenvalue weighted by atomic mass is 16.5. The SMILES string of the molecule is C#Cc1cnc2ccc(OC(C)C(=O)NC(C)(C)C(/C=C(\C)C(=O)OC)=NC)cc2c1. The summed E-state index contributed by atoms with van der Waals surface area (Å²) < 4.78 is 10.5. The molecule has 162 valence electrons. The van der Waals surface area contributed by atoms with Gasteiger partial charge in [-0.05, 0) is 58.0 Å². The third-order valence-corrected chi connectivity index (χ3v) is 4.68. The van der Waals surface area contributed by atoms with E-state index < -0.39 is 17.6 Å². The highest BCUT2D eigenvalue weighted by Gasteiger charge is 2.29. The number of carbonyl (C=O) groups excluding carboxylic acids is 2. The van der Waals surface area contributed by atoms with Crippen LogP contribution in [0.5, 0.6) is 5.75 Å². The quantitative estimate of drug-likeness (QED) is 0.321. The molecule has 0 fully saturated rings. The molecule has 0 aliphatic heterocycles. The van der Waals surface area contributed by atoms with Crippen molar-refractivity contribution in [2.24, 2.45) is 4.99 Å². The normalized spacial score (nSPS) is 13.3. The standard InChI is InChI=1S/C24H27N3O4/c1-8-17-12-18-13-19(9-10-20(18)26-14-17)31-16(3)22(28)27-24(4,5)21(25-6)11-15(2)23(29)30-7/h1,9-14,16H,2-7H3,(H,27,28)/b15-11+,25-21?. The van der Waals surface area contributed by atoms with Gasteiger partial charge < -0.3 is 14.8 Å². The van der Waals surface area contributed by atoms with Crippen molar-refractivity contribution in [1.29, 1.82) is 0 Å². The molecule has 0 spiro atoms. The predicted molar refractivity (Wildman–Crippen MR) is 121 cm³/mol. The van der Waals surface area contributed by atoms with Gasteiger partial charge in [0, 0.05) is 29.8 Å². The molecule has 0 aliphatic rings. The third-order valence-electron chi connectivity index (χ3n) is 4.68. The zero-order chi connectivity index (χ0) is 23.2. The van der Waals surface area contributed by atoms with Crippen LogP contribution in [0.4, 0.5) is 0 Å². The van der Waals surface area contributed by atoms with Crippen molar-refractivity contribution in [3.8, 4) is 18.1 Å². The van der Waals surface area contributed by atoms with Crippen LogP contribution in [-0.2, 0) is 14.3 Å². The second-order valence-corrected chi connectivity index (χ2v) is 7.52. The molecule has 0 aliphatic carbocycles. The van der Waals surface area contributed by atoms with E-state index in [1.165, 1.54) is 7.11 Å².